The third-order valence-electron chi connectivity index (χ3n) is 3.41. The second-order valence-electron chi connectivity index (χ2n) is 3.84. The van der Waals surface area contributed by atoms with Gasteiger partial charge < -0.3 is 4.90 Å². The van der Waals surface area contributed by atoms with Gasteiger partial charge in [0, 0.05) is 12.0 Å². The molecule has 1 aliphatic heterocycles. The van der Waals surface area contributed by atoms with Gasteiger partial charge in [-0.15, -0.1) is 26.3 Å². The summed E-state index contributed by atoms with van der Waals surface area (Å²) in [6.45, 7) is 19.2. The monoisotopic (exact) mass is 215 g/mol. The normalized spacial score (nSPS) is 21.2. The van der Waals surface area contributed by atoms with E-state index in [9.17, 15) is 4.79 Å². The van der Waals surface area contributed by atoms with Crippen molar-refractivity contribution in [2.45, 2.75) is 0 Å². The molecule has 1 amide bonds. The molecule has 0 atom stereocenters. The first-order chi connectivity index (χ1) is 7.57. The van der Waals surface area contributed by atoms with Crippen molar-refractivity contribution < 1.29 is 4.79 Å². The van der Waals surface area contributed by atoms with Gasteiger partial charge in [-0.3, -0.25) is 4.79 Å². The minimum atomic E-state index is -0.870. The molecule has 0 saturated carbocycles. The van der Waals surface area contributed by atoms with Crippen molar-refractivity contribution in [2.24, 2.45) is 10.8 Å². The lowest BCUT2D eigenvalue weighted by Gasteiger charge is -2.33. The van der Waals surface area contributed by atoms with Gasteiger partial charge in [-0.05, 0) is 6.20 Å². The summed E-state index contributed by atoms with van der Waals surface area (Å²) in [5, 5.41) is 0. The van der Waals surface area contributed by atoms with Crippen molar-refractivity contribution in [1.29, 1.82) is 0 Å². The molecule has 0 radical (unpaired) electrons. The Labute approximate surface area is 97.0 Å². The molecule has 16 heavy (non-hydrogen) atoms. The molecule has 1 heterocycles. The van der Waals surface area contributed by atoms with Crippen LogP contribution in [0.2, 0.25) is 0 Å². The largest absolute Gasteiger partial charge is 0.317 e. The van der Waals surface area contributed by atoms with Crippen LogP contribution in [-0.4, -0.2) is 17.4 Å². The second-order valence-corrected chi connectivity index (χ2v) is 3.84. The maximum Gasteiger partial charge on any atom is 0.241 e. The topological polar surface area (TPSA) is 20.3 Å². The molecule has 2 heteroatoms. The highest BCUT2D eigenvalue weighted by molar-refractivity contribution is 5.92. The van der Waals surface area contributed by atoms with E-state index >= 15 is 0 Å². The van der Waals surface area contributed by atoms with Gasteiger partial charge in [0.15, 0.2) is 0 Å². The molecule has 0 aromatic carbocycles. The number of nitrogens with zero attached hydrogens (tertiary/aromatic N) is 1. The highest BCUT2D eigenvalue weighted by Crippen LogP contribution is 2.51. The molecule has 84 valence electrons. The van der Waals surface area contributed by atoms with E-state index in [1.165, 1.54) is 6.20 Å². The predicted molar refractivity (Wildman–Crippen MR) is 67.6 cm³/mol. The highest BCUT2D eigenvalue weighted by Gasteiger charge is 2.57. The average Bonchev–Trinajstić information content (AvgIpc) is 2.59. The maximum absolute atomic E-state index is 12.3. The van der Waals surface area contributed by atoms with Gasteiger partial charge in [-0.1, -0.05) is 30.9 Å². The molecule has 0 aromatic heterocycles. The molecule has 1 aliphatic rings. The lowest BCUT2D eigenvalue weighted by Crippen LogP contribution is -2.37. The Morgan fingerprint density at radius 3 is 1.75 bits per heavy atom. The third-order valence-corrected chi connectivity index (χ3v) is 3.41. The molecular weight excluding hydrogens is 198 g/mol. The van der Waals surface area contributed by atoms with Gasteiger partial charge in [0.05, 0.1) is 5.41 Å². The highest BCUT2D eigenvalue weighted by atomic mass is 16.2. The SMILES string of the molecule is C=CN1CC(C=C)(C=C)C(C=C)(C=C)C1=O. The molecule has 1 saturated heterocycles. The van der Waals surface area contributed by atoms with Gasteiger partial charge >= 0.3 is 0 Å². The van der Waals surface area contributed by atoms with Crippen LogP contribution in [0, 0.1) is 10.8 Å². The summed E-state index contributed by atoms with van der Waals surface area (Å²) < 4.78 is 0. The lowest BCUT2D eigenvalue weighted by atomic mass is 9.65. The number of hydrogen-bond donors (Lipinski definition) is 0. The van der Waals surface area contributed by atoms with Gasteiger partial charge in [-0.2, -0.15) is 0 Å². The number of rotatable bonds is 5. The Kier molecular flexibility index (Phi) is 3.04. The number of amides is 1. The Morgan fingerprint density at radius 2 is 1.50 bits per heavy atom. The number of hydrogen-bond acceptors (Lipinski definition) is 1. The average molecular weight is 215 g/mol. The van der Waals surface area contributed by atoms with Crippen LogP contribution in [0.5, 0.6) is 0 Å². The molecule has 0 aromatic rings. The van der Waals surface area contributed by atoms with Gasteiger partial charge in [0.25, 0.3) is 0 Å². The summed E-state index contributed by atoms with van der Waals surface area (Å²) in [5.41, 5.74) is -1.44. The predicted octanol–water partition coefficient (Wildman–Crippen LogP) is 2.69. The van der Waals surface area contributed by atoms with Crippen molar-refractivity contribution in [2.75, 3.05) is 6.54 Å². The first-order valence-corrected chi connectivity index (χ1v) is 5.05. The van der Waals surface area contributed by atoms with E-state index < -0.39 is 10.8 Å². The molecule has 0 spiro atoms. The van der Waals surface area contributed by atoms with E-state index in [1.54, 1.807) is 29.2 Å². The summed E-state index contributed by atoms with van der Waals surface area (Å²) >= 11 is 0. The van der Waals surface area contributed by atoms with Crippen molar-refractivity contribution in [3.63, 3.8) is 0 Å². The molecule has 2 nitrogen and oxygen atoms in total. The van der Waals surface area contributed by atoms with Crippen molar-refractivity contribution >= 4 is 5.91 Å². The molecular formula is C14H17NO. The van der Waals surface area contributed by atoms with E-state index in [-0.39, 0.29) is 5.91 Å². The Hall–Kier alpha value is -1.83. The van der Waals surface area contributed by atoms with Gasteiger partial charge in [0.2, 0.25) is 5.91 Å². The second kappa shape index (κ2) is 3.97. The van der Waals surface area contributed by atoms with E-state index in [4.69, 9.17) is 0 Å². The third kappa shape index (κ3) is 1.16. The van der Waals surface area contributed by atoms with E-state index in [2.05, 4.69) is 32.9 Å². The zero-order valence-corrected chi connectivity index (χ0v) is 9.48. The quantitative estimate of drug-likeness (QED) is 0.646. The number of likely N-dealkylation sites (tertiary alicyclic amines) is 1. The Bertz CT molecular complexity index is 362. The van der Waals surface area contributed by atoms with Gasteiger partial charge in [0.1, 0.15) is 0 Å². The fourth-order valence-corrected chi connectivity index (χ4v) is 2.26. The zero-order valence-electron chi connectivity index (χ0n) is 9.48. The van der Waals surface area contributed by atoms with Crippen LogP contribution in [0.4, 0.5) is 0 Å². The molecule has 1 fully saturated rings. The molecule has 0 aliphatic carbocycles. The van der Waals surface area contributed by atoms with Crippen LogP contribution in [-0.2, 0) is 4.79 Å². The smallest absolute Gasteiger partial charge is 0.241 e. The summed E-state index contributed by atoms with van der Waals surface area (Å²) in [6.07, 6.45) is 8.18. The lowest BCUT2D eigenvalue weighted by molar-refractivity contribution is -0.130. The summed E-state index contributed by atoms with van der Waals surface area (Å²) in [6, 6.07) is 0. The molecule has 0 unspecified atom stereocenters. The minimum absolute atomic E-state index is 0.0905. The summed E-state index contributed by atoms with van der Waals surface area (Å²) in [5.74, 6) is -0.0905. The fraction of sp³-hybridized carbons (Fsp3) is 0.214. The van der Waals surface area contributed by atoms with Crippen LogP contribution in [0.1, 0.15) is 0 Å². The van der Waals surface area contributed by atoms with Crippen LogP contribution >= 0.6 is 0 Å². The van der Waals surface area contributed by atoms with Crippen LogP contribution in [0.3, 0.4) is 0 Å². The summed E-state index contributed by atoms with van der Waals surface area (Å²) in [7, 11) is 0. The van der Waals surface area contributed by atoms with E-state index in [0.717, 1.165) is 0 Å². The molecule has 0 bridgehead atoms. The van der Waals surface area contributed by atoms with E-state index in [0.29, 0.717) is 6.54 Å². The number of carbonyl (C=O) groups is 1. The van der Waals surface area contributed by atoms with Crippen LogP contribution in [0.15, 0.2) is 63.4 Å². The minimum Gasteiger partial charge on any atom is -0.317 e. The standard InChI is InChI=1S/C14H17NO/c1-6-13(7-2)11-15(10-5)12(16)14(13,8-3)9-4/h6-10H,1-5,11H2. The van der Waals surface area contributed by atoms with Crippen molar-refractivity contribution in [1.82, 2.24) is 4.90 Å². The zero-order chi connectivity index (χ0) is 12.4. The molecule has 1 rings (SSSR count). The first-order valence-electron chi connectivity index (χ1n) is 5.05. The van der Waals surface area contributed by atoms with Crippen LogP contribution in [0.25, 0.3) is 0 Å². The fourth-order valence-electron chi connectivity index (χ4n) is 2.26. The van der Waals surface area contributed by atoms with Crippen LogP contribution < -0.4 is 0 Å². The first kappa shape index (κ1) is 12.2. The maximum atomic E-state index is 12.3. The number of carbonyl (C=O) groups excluding carboxylic acids is 1. The van der Waals surface area contributed by atoms with Crippen molar-refractivity contribution in [3.05, 3.63) is 63.4 Å². The Morgan fingerprint density at radius 1 is 1.00 bits per heavy atom. The Balaban J connectivity index is 3.49. The summed E-state index contributed by atoms with van der Waals surface area (Å²) in [4.78, 5) is 13.8. The van der Waals surface area contributed by atoms with Crippen molar-refractivity contribution in [3.8, 4) is 0 Å². The van der Waals surface area contributed by atoms with Gasteiger partial charge in [-0.25, -0.2) is 0 Å². The molecule has 0 N–H and O–H groups in total. The van der Waals surface area contributed by atoms with E-state index in [1.807, 2.05) is 0 Å².